The zero-order chi connectivity index (χ0) is 41.6. The first-order valence-electron chi connectivity index (χ1n) is 17.0. The zero-order valence-electron chi connectivity index (χ0n) is 29.8. The SMILES string of the molecule is CC(Nc1ccc(CC(O)C(O)C(O)C(O)OC2OC(COP(=O)(O)OC(CCC(=O)O)C(=O)O)C(O)C2O)cc1)C1C(C)Nc2nc(N)[nH]c(=O)c2N1C=O. The summed E-state index contributed by atoms with van der Waals surface area (Å²) in [5.41, 5.74) is 6.12. The molecule has 1 amide bonds. The fourth-order valence-corrected chi connectivity index (χ4v) is 7.09. The number of phosphoric ester groups is 1. The lowest BCUT2D eigenvalue weighted by Crippen LogP contribution is -2.58. The summed E-state index contributed by atoms with van der Waals surface area (Å²) in [6, 6.07) is 5.14. The van der Waals surface area contributed by atoms with Gasteiger partial charge in [0.2, 0.25) is 12.4 Å². The van der Waals surface area contributed by atoms with Crippen molar-refractivity contribution in [1.29, 1.82) is 0 Å². The van der Waals surface area contributed by atoms with Gasteiger partial charge < -0.3 is 71.6 Å². The first-order valence-corrected chi connectivity index (χ1v) is 18.5. The van der Waals surface area contributed by atoms with Crippen molar-refractivity contribution in [2.24, 2.45) is 0 Å². The molecule has 1 fully saturated rings. The number of carboxylic acids is 2. The van der Waals surface area contributed by atoms with E-state index in [0.717, 1.165) is 0 Å². The number of nitrogens with zero attached hydrogens (tertiary/aromatic N) is 2. The van der Waals surface area contributed by atoms with E-state index in [0.29, 0.717) is 17.7 Å². The van der Waals surface area contributed by atoms with Gasteiger partial charge in [0.1, 0.15) is 30.5 Å². The number of nitrogen functional groups attached to an aromatic ring is 1. The molecule has 24 nitrogen and oxygen atoms in total. The highest BCUT2D eigenvalue weighted by Gasteiger charge is 2.47. The number of rotatable bonds is 20. The van der Waals surface area contributed by atoms with Gasteiger partial charge in [-0.05, 0) is 38.0 Å². The summed E-state index contributed by atoms with van der Waals surface area (Å²) in [6.45, 7) is 2.60. The molecule has 312 valence electrons. The molecule has 13 unspecified atom stereocenters. The number of aliphatic hydroxyl groups excluding tert-OH is 6. The second kappa shape index (κ2) is 18.8. The van der Waals surface area contributed by atoms with Crippen molar-refractivity contribution >= 4 is 49.3 Å². The number of nitrogens with two attached hydrogens (primary N) is 1. The first kappa shape index (κ1) is 44.4. The number of H-pyrrole nitrogens is 1. The molecule has 1 aromatic heterocycles. The van der Waals surface area contributed by atoms with Gasteiger partial charge in [-0.15, -0.1) is 0 Å². The number of nitrogens with one attached hydrogen (secondary N) is 3. The monoisotopic (exact) mass is 820 g/mol. The van der Waals surface area contributed by atoms with Crippen molar-refractivity contribution in [3.8, 4) is 0 Å². The fourth-order valence-electron chi connectivity index (χ4n) is 6.17. The van der Waals surface area contributed by atoms with Crippen LogP contribution >= 0.6 is 7.82 Å². The molecule has 56 heavy (non-hydrogen) atoms. The number of aliphatic hydroxyl groups is 6. The number of fused-ring (bicyclic) bond motifs is 1. The number of carboxylic acid groups (broad SMARTS) is 2. The molecule has 3 heterocycles. The molecule has 25 heteroatoms. The maximum Gasteiger partial charge on any atom is 0.473 e. The third-order valence-electron chi connectivity index (χ3n) is 8.97. The number of aromatic nitrogens is 2. The van der Waals surface area contributed by atoms with Gasteiger partial charge in [0, 0.05) is 30.6 Å². The lowest BCUT2D eigenvalue weighted by atomic mass is 9.97. The summed E-state index contributed by atoms with van der Waals surface area (Å²) in [5, 5.41) is 86.9. The molecule has 0 aliphatic carbocycles. The Morgan fingerprint density at radius 1 is 1.12 bits per heavy atom. The molecule has 4 rings (SSSR count). The zero-order valence-corrected chi connectivity index (χ0v) is 30.7. The summed E-state index contributed by atoms with van der Waals surface area (Å²) in [7, 11) is -5.18. The minimum Gasteiger partial charge on any atom is -0.481 e. The molecule has 1 aromatic carbocycles. The Hall–Kier alpha value is -4.30. The molecule has 0 radical (unpaired) electrons. The molecule has 0 bridgehead atoms. The van der Waals surface area contributed by atoms with Crippen molar-refractivity contribution in [1.82, 2.24) is 9.97 Å². The summed E-state index contributed by atoms with van der Waals surface area (Å²) in [5.74, 6) is -3.09. The van der Waals surface area contributed by atoms with Crippen molar-refractivity contribution in [2.45, 2.75) is 107 Å². The van der Waals surface area contributed by atoms with Gasteiger partial charge in [-0.3, -0.25) is 33.3 Å². The van der Waals surface area contributed by atoms with Crippen molar-refractivity contribution in [3.05, 3.63) is 40.2 Å². The van der Waals surface area contributed by atoms with E-state index in [1.54, 1.807) is 38.1 Å². The van der Waals surface area contributed by atoms with E-state index in [9.17, 15) is 59.3 Å². The Labute approximate surface area is 317 Å². The second-order valence-electron chi connectivity index (χ2n) is 13.1. The lowest BCUT2D eigenvalue weighted by molar-refractivity contribution is -0.281. The summed E-state index contributed by atoms with van der Waals surface area (Å²) < 4.78 is 31.6. The van der Waals surface area contributed by atoms with E-state index in [4.69, 9.17) is 25.4 Å². The number of anilines is 4. The van der Waals surface area contributed by atoms with Gasteiger partial charge in [-0.25, -0.2) is 9.36 Å². The van der Waals surface area contributed by atoms with Gasteiger partial charge in [0.15, 0.2) is 30.2 Å². The van der Waals surface area contributed by atoms with Crippen LogP contribution in [0.3, 0.4) is 0 Å². The van der Waals surface area contributed by atoms with Gasteiger partial charge in [0.25, 0.3) is 5.56 Å². The molecule has 2 aliphatic rings. The predicted octanol–water partition coefficient (Wildman–Crippen LogP) is -3.14. The van der Waals surface area contributed by atoms with Crippen LogP contribution in [0.25, 0.3) is 0 Å². The Kier molecular flexibility index (Phi) is 14.9. The van der Waals surface area contributed by atoms with Gasteiger partial charge in [-0.2, -0.15) is 4.98 Å². The number of ether oxygens (including phenoxy) is 2. The van der Waals surface area contributed by atoms with Gasteiger partial charge in [-0.1, -0.05) is 12.1 Å². The number of benzene rings is 1. The molecular weight excluding hydrogens is 775 g/mol. The second-order valence-corrected chi connectivity index (χ2v) is 14.6. The van der Waals surface area contributed by atoms with Crippen LogP contribution in [0.5, 0.6) is 0 Å². The summed E-state index contributed by atoms with van der Waals surface area (Å²) in [6.07, 6.45) is -18.7. The Morgan fingerprint density at radius 3 is 2.39 bits per heavy atom. The quantitative estimate of drug-likeness (QED) is 0.0356. The molecule has 13 atom stereocenters. The highest BCUT2D eigenvalue weighted by atomic mass is 31.2. The highest BCUT2D eigenvalue weighted by molar-refractivity contribution is 7.47. The predicted molar refractivity (Wildman–Crippen MR) is 189 cm³/mol. The van der Waals surface area contributed by atoms with Crippen LogP contribution in [0.1, 0.15) is 32.3 Å². The molecule has 0 saturated carbocycles. The van der Waals surface area contributed by atoms with E-state index >= 15 is 0 Å². The number of aliphatic carboxylic acids is 2. The van der Waals surface area contributed by atoms with Crippen molar-refractivity contribution in [2.75, 3.05) is 27.9 Å². The molecule has 0 spiro atoms. The smallest absolute Gasteiger partial charge is 0.473 e. The largest absolute Gasteiger partial charge is 0.481 e. The number of carbonyl (C=O) groups excluding carboxylic acids is 1. The number of amides is 1. The topological polar surface area (TPSA) is 386 Å². The number of hydrogen-bond acceptors (Lipinski definition) is 19. The lowest BCUT2D eigenvalue weighted by Gasteiger charge is -2.42. The van der Waals surface area contributed by atoms with Crippen LogP contribution in [-0.4, -0.2) is 154 Å². The van der Waals surface area contributed by atoms with Crippen molar-refractivity contribution < 1.29 is 83.2 Å². The third-order valence-corrected chi connectivity index (χ3v) is 9.97. The number of carbonyl (C=O) groups is 3. The molecular formula is C31H45N6O18P. The van der Waals surface area contributed by atoms with E-state index in [-0.39, 0.29) is 29.9 Å². The Balaban J connectivity index is 1.28. The van der Waals surface area contributed by atoms with Crippen LogP contribution in [0, 0.1) is 0 Å². The first-order chi connectivity index (χ1) is 26.2. The normalized spacial score (nSPS) is 26.4. The molecule has 1 saturated heterocycles. The minimum absolute atomic E-state index is 0.0129. The number of hydrogen-bond donors (Lipinski definition) is 13. The van der Waals surface area contributed by atoms with Crippen LogP contribution in [-0.2, 0) is 43.9 Å². The van der Waals surface area contributed by atoms with E-state index < -0.39 is 112 Å². The molecule has 2 aromatic rings. The average Bonchev–Trinajstić information content (AvgIpc) is 3.39. The maximum atomic E-state index is 12.6. The number of aromatic amines is 1. The van der Waals surface area contributed by atoms with Gasteiger partial charge >= 0.3 is 19.8 Å². The van der Waals surface area contributed by atoms with Crippen LogP contribution < -0.4 is 26.8 Å². The van der Waals surface area contributed by atoms with Crippen LogP contribution in [0.4, 0.5) is 23.1 Å². The van der Waals surface area contributed by atoms with E-state index in [1.165, 1.54) is 4.90 Å². The minimum atomic E-state index is -5.18. The number of phosphoric acid groups is 1. The average molecular weight is 821 g/mol. The summed E-state index contributed by atoms with van der Waals surface area (Å²) >= 11 is 0. The standard InChI is InChI=1S/C31H45N6O18P/c1-12(20-13(2)34-26-21(37(20)11-38)27(46)36-31(32)35-26)33-15-5-3-14(4-6-15)9-16(39)22(42)24(44)29(49)54-30-25(45)23(43)18(53-30)10-52-56(50,51)55-17(28(47)48)7-8-19(40)41/h3-6,11-13,16-18,20,22-25,29-30,33,39,42-45,49H,7-10H2,1-2H3,(H,40,41)(H,47,48)(H,50,51)(H4,32,34,35,36,46). The van der Waals surface area contributed by atoms with Crippen molar-refractivity contribution in [3.63, 3.8) is 0 Å². The Bertz CT molecular complexity index is 1790. The highest BCUT2D eigenvalue weighted by Crippen LogP contribution is 2.46. The molecule has 2 aliphatic heterocycles. The molecule has 14 N–H and O–H groups in total. The van der Waals surface area contributed by atoms with Gasteiger partial charge in [0.05, 0.1) is 18.8 Å². The van der Waals surface area contributed by atoms with Crippen LogP contribution in [0.2, 0.25) is 0 Å². The third kappa shape index (κ3) is 11.0. The fraction of sp³-hybridized carbons (Fsp3) is 0.581. The Morgan fingerprint density at radius 2 is 1.79 bits per heavy atom. The van der Waals surface area contributed by atoms with E-state index in [1.807, 2.05) is 0 Å². The summed E-state index contributed by atoms with van der Waals surface area (Å²) in [4.78, 5) is 64.3. The maximum absolute atomic E-state index is 12.6. The van der Waals surface area contributed by atoms with E-state index in [2.05, 4.69) is 29.6 Å². The van der Waals surface area contributed by atoms with Crippen LogP contribution in [0.15, 0.2) is 29.1 Å².